The molecule has 1 amide bonds. The second-order valence-corrected chi connectivity index (χ2v) is 8.27. The number of phenolic OH excluding ortho intramolecular Hbond substituents is 1. The number of aromatic nitrogens is 2. The summed E-state index contributed by atoms with van der Waals surface area (Å²) in [5, 5.41) is 20.8. The van der Waals surface area contributed by atoms with Gasteiger partial charge in [-0.3, -0.25) is 19.5 Å². The lowest BCUT2D eigenvalue weighted by Gasteiger charge is -2.23. The Kier molecular flexibility index (Phi) is 6.24. The fourth-order valence-corrected chi connectivity index (χ4v) is 4.53. The van der Waals surface area contributed by atoms with Gasteiger partial charge in [-0.15, -0.1) is 0 Å². The zero-order valence-corrected chi connectivity index (χ0v) is 18.8. The largest absolute Gasteiger partial charge is 0.508 e. The third-order valence-electron chi connectivity index (χ3n) is 5.12. The second kappa shape index (κ2) is 9.28. The number of carbonyl (C=O) groups is 3. The number of aryl methyl sites for hydroxylation is 1. The van der Waals surface area contributed by atoms with E-state index in [9.17, 15) is 24.6 Å². The first-order valence-electron chi connectivity index (χ1n) is 10.1. The number of anilines is 1. The van der Waals surface area contributed by atoms with E-state index in [0.29, 0.717) is 16.8 Å². The highest BCUT2D eigenvalue weighted by molar-refractivity contribution is 7.17. The number of aliphatic hydroxyl groups is 1. The molecule has 34 heavy (non-hydrogen) atoms. The number of hydrogen-bond acceptors (Lipinski definition) is 9. The number of aliphatic hydroxyl groups excluding tert-OH is 1. The van der Waals surface area contributed by atoms with E-state index in [-0.39, 0.29) is 33.7 Å². The van der Waals surface area contributed by atoms with Crippen LogP contribution < -0.4 is 4.90 Å². The molecule has 1 aliphatic rings. The molecule has 1 saturated heterocycles. The van der Waals surface area contributed by atoms with Gasteiger partial charge < -0.3 is 14.9 Å². The molecular formula is C24H19N3O6S. The molecule has 0 radical (unpaired) electrons. The number of hydrogen-bond donors (Lipinski definition) is 2. The minimum absolute atomic E-state index is 0.00724. The lowest BCUT2D eigenvalue weighted by Crippen LogP contribution is -2.29. The molecule has 1 unspecified atom stereocenters. The number of Topliss-reactive ketones (excluding diaryl/α,β-unsaturated/α-hetero) is 1. The summed E-state index contributed by atoms with van der Waals surface area (Å²) in [6, 6.07) is 7.88. The number of phenols is 1. The predicted octanol–water partition coefficient (Wildman–Crippen LogP) is 3.52. The highest BCUT2D eigenvalue weighted by Crippen LogP contribution is 2.44. The van der Waals surface area contributed by atoms with Crippen LogP contribution in [0.1, 0.15) is 32.5 Å². The lowest BCUT2D eigenvalue weighted by molar-refractivity contribution is -0.132. The summed E-state index contributed by atoms with van der Waals surface area (Å²) in [6.45, 7) is 5.10. The van der Waals surface area contributed by atoms with Crippen molar-refractivity contribution in [2.45, 2.75) is 13.0 Å². The number of aromatic hydroxyl groups is 1. The highest BCUT2D eigenvalue weighted by Gasteiger charge is 2.48. The van der Waals surface area contributed by atoms with Gasteiger partial charge in [0.25, 0.3) is 5.78 Å². The second-order valence-electron chi connectivity index (χ2n) is 7.29. The number of nitrogens with zero attached hydrogens (tertiary/aromatic N) is 3. The maximum atomic E-state index is 13.2. The molecule has 1 fully saturated rings. The van der Waals surface area contributed by atoms with Gasteiger partial charge in [-0.25, -0.2) is 9.78 Å². The van der Waals surface area contributed by atoms with E-state index in [2.05, 4.69) is 16.5 Å². The van der Waals surface area contributed by atoms with E-state index < -0.39 is 23.7 Å². The maximum absolute atomic E-state index is 13.2. The van der Waals surface area contributed by atoms with Gasteiger partial charge in [-0.2, -0.15) is 0 Å². The summed E-state index contributed by atoms with van der Waals surface area (Å²) in [6.07, 6.45) is 4.33. The molecule has 3 aromatic rings. The molecular weight excluding hydrogens is 458 g/mol. The number of carbonyl (C=O) groups excluding carboxylic acids is 3. The van der Waals surface area contributed by atoms with Crippen molar-refractivity contribution < 1.29 is 29.3 Å². The third kappa shape index (κ3) is 4.06. The fraction of sp³-hybridized carbons (Fsp3) is 0.125. The molecule has 10 heteroatoms. The first kappa shape index (κ1) is 22.9. The van der Waals surface area contributed by atoms with Crippen LogP contribution in [0.5, 0.6) is 5.75 Å². The topological polar surface area (TPSA) is 130 Å². The van der Waals surface area contributed by atoms with Crippen molar-refractivity contribution in [1.29, 1.82) is 0 Å². The van der Waals surface area contributed by atoms with Crippen molar-refractivity contribution >= 4 is 39.9 Å². The number of benzene rings is 1. The van der Waals surface area contributed by atoms with Crippen LogP contribution in [0.25, 0.3) is 5.76 Å². The number of ketones is 1. The quantitative estimate of drug-likeness (QED) is 0.181. The Bertz CT molecular complexity index is 1310. The molecule has 0 spiro atoms. The Morgan fingerprint density at radius 1 is 1.21 bits per heavy atom. The van der Waals surface area contributed by atoms with E-state index >= 15 is 0 Å². The average molecular weight is 477 g/mol. The molecule has 0 aliphatic carbocycles. The predicted molar refractivity (Wildman–Crippen MR) is 124 cm³/mol. The summed E-state index contributed by atoms with van der Waals surface area (Å²) in [7, 11) is 0. The fourth-order valence-electron chi connectivity index (χ4n) is 3.54. The zero-order valence-electron chi connectivity index (χ0n) is 18.0. The minimum Gasteiger partial charge on any atom is -0.508 e. The number of amides is 1. The molecule has 0 saturated carbocycles. The Morgan fingerprint density at radius 3 is 2.53 bits per heavy atom. The average Bonchev–Trinajstić information content (AvgIpc) is 3.35. The van der Waals surface area contributed by atoms with E-state index in [1.165, 1.54) is 42.7 Å². The van der Waals surface area contributed by atoms with Crippen LogP contribution >= 0.6 is 11.3 Å². The molecule has 9 nitrogen and oxygen atoms in total. The molecule has 3 heterocycles. The van der Waals surface area contributed by atoms with Crippen LogP contribution in [0.3, 0.4) is 0 Å². The van der Waals surface area contributed by atoms with Gasteiger partial charge in [-0.05, 0) is 36.8 Å². The standard InChI is InChI=1S/C24H19N3O6S/c1-3-12-33-23(32)21-13(2)26-24(34-21)27-18(14-4-6-16(28)7-5-14)17(20(30)22(27)31)19(29)15-8-10-25-11-9-15/h3-11,18,28-29H,1,12H2,2H3. The summed E-state index contributed by atoms with van der Waals surface area (Å²) in [4.78, 5) is 48.3. The summed E-state index contributed by atoms with van der Waals surface area (Å²) in [5.41, 5.74) is 0.942. The molecule has 2 aromatic heterocycles. The summed E-state index contributed by atoms with van der Waals surface area (Å²) >= 11 is 0.902. The molecule has 1 aliphatic heterocycles. The van der Waals surface area contributed by atoms with Gasteiger partial charge in [-0.1, -0.05) is 36.1 Å². The van der Waals surface area contributed by atoms with Crippen molar-refractivity contribution in [3.8, 4) is 5.75 Å². The SMILES string of the molecule is C=CCOC(=O)c1sc(N2C(=O)C(=O)C(=C(O)c3ccncc3)C2c2ccc(O)cc2)nc1C. The van der Waals surface area contributed by atoms with Crippen LogP contribution in [0.4, 0.5) is 5.13 Å². The third-order valence-corrected chi connectivity index (χ3v) is 6.25. The van der Waals surface area contributed by atoms with Crippen molar-refractivity contribution in [1.82, 2.24) is 9.97 Å². The summed E-state index contributed by atoms with van der Waals surface area (Å²) < 4.78 is 5.08. The Morgan fingerprint density at radius 2 is 1.88 bits per heavy atom. The number of ether oxygens (including phenoxy) is 1. The molecule has 0 bridgehead atoms. The van der Waals surface area contributed by atoms with Crippen molar-refractivity contribution in [3.63, 3.8) is 0 Å². The van der Waals surface area contributed by atoms with Gasteiger partial charge in [0.1, 0.15) is 23.0 Å². The van der Waals surface area contributed by atoms with Crippen LogP contribution in [-0.4, -0.2) is 44.4 Å². The Balaban J connectivity index is 1.88. The molecule has 1 aromatic carbocycles. The molecule has 1 atom stereocenters. The van der Waals surface area contributed by atoms with E-state index in [1.807, 2.05) is 0 Å². The van der Waals surface area contributed by atoms with Gasteiger partial charge in [0.15, 0.2) is 5.13 Å². The van der Waals surface area contributed by atoms with Crippen LogP contribution in [0.2, 0.25) is 0 Å². The molecule has 4 rings (SSSR count). The van der Waals surface area contributed by atoms with Crippen LogP contribution in [-0.2, 0) is 14.3 Å². The van der Waals surface area contributed by atoms with Crippen molar-refractivity contribution in [2.24, 2.45) is 0 Å². The van der Waals surface area contributed by atoms with Crippen LogP contribution in [0.15, 0.2) is 67.0 Å². The Labute approximate surface area is 198 Å². The first-order chi connectivity index (χ1) is 16.3. The van der Waals surface area contributed by atoms with E-state index in [0.717, 1.165) is 16.2 Å². The minimum atomic E-state index is -1.05. The smallest absolute Gasteiger partial charge is 0.350 e. The number of rotatable bonds is 6. The van der Waals surface area contributed by atoms with Crippen molar-refractivity contribution in [3.05, 3.63) is 88.7 Å². The first-order valence-corrected chi connectivity index (χ1v) is 10.9. The van der Waals surface area contributed by atoms with Gasteiger partial charge in [0.05, 0.1) is 17.3 Å². The summed E-state index contributed by atoms with van der Waals surface area (Å²) in [5.74, 6) is -2.83. The number of esters is 1. The molecule has 172 valence electrons. The zero-order chi connectivity index (χ0) is 24.4. The van der Waals surface area contributed by atoms with Gasteiger partial charge in [0, 0.05) is 18.0 Å². The molecule has 2 N–H and O–H groups in total. The van der Waals surface area contributed by atoms with Gasteiger partial charge in [0.2, 0.25) is 0 Å². The normalized spacial score (nSPS) is 17.1. The number of thiazole rings is 1. The van der Waals surface area contributed by atoms with E-state index in [4.69, 9.17) is 4.74 Å². The number of pyridine rings is 1. The van der Waals surface area contributed by atoms with Crippen LogP contribution in [0, 0.1) is 6.92 Å². The highest BCUT2D eigenvalue weighted by atomic mass is 32.1. The Hall–Kier alpha value is -4.31. The lowest BCUT2D eigenvalue weighted by atomic mass is 9.95. The van der Waals surface area contributed by atoms with Crippen molar-refractivity contribution in [2.75, 3.05) is 11.5 Å². The monoisotopic (exact) mass is 477 g/mol. The van der Waals surface area contributed by atoms with E-state index in [1.54, 1.807) is 19.1 Å². The van der Waals surface area contributed by atoms with Gasteiger partial charge >= 0.3 is 11.9 Å². The maximum Gasteiger partial charge on any atom is 0.350 e.